The molecule has 0 amide bonds. The molecule has 0 fully saturated rings. The van der Waals surface area contributed by atoms with Crippen LogP contribution in [0.5, 0.6) is 0 Å². The number of hydrogen-bond acceptors (Lipinski definition) is 4. The van der Waals surface area contributed by atoms with Crippen molar-refractivity contribution >= 4 is 5.82 Å². The molecule has 4 heteroatoms. The number of rotatable bonds is 5. The number of hydrogen-bond donors (Lipinski definition) is 2. The Bertz CT molecular complexity index is 774. The third-order valence-electron chi connectivity index (χ3n) is 3.70. The molecule has 0 unspecified atom stereocenters. The summed E-state index contributed by atoms with van der Waals surface area (Å²) in [6.45, 7) is 2.11. The van der Waals surface area contributed by atoms with E-state index < -0.39 is 0 Å². The van der Waals surface area contributed by atoms with Crippen LogP contribution >= 0.6 is 0 Å². The number of aliphatic hydroxyl groups is 1. The molecule has 0 aliphatic carbocycles. The summed E-state index contributed by atoms with van der Waals surface area (Å²) in [5.41, 5.74) is 3.79. The lowest BCUT2D eigenvalue weighted by Gasteiger charge is -2.15. The van der Waals surface area contributed by atoms with Crippen molar-refractivity contribution in [1.29, 1.82) is 0 Å². The van der Waals surface area contributed by atoms with Crippen LogP contribution in [0.1, 0.15) is 24.1 Å². The van der Waals surface area contributed by atoms with Crippen molar-refractivity contribution in [2.24, 2.45) is 0 Å². The molecule has 1 aromatic heterocycles. The fourth-order valence-electron chi connectivity index (χ4n) is 2.45. The monoisotopic (exact) mass is 305 g/mol. The molecule has 23 heavy (non-hydrogen) atoms. The Morgan fingerprint density at radius 2 is 1.87 bits per heavy atom. The molecule has 0 spiro atoms. The van der Waals surface area contributed by atoms with Gasteiger partial charge >= 0.3 is 0 Å². The number of benzene rings is 2. The molecule has 1 heterocycles. The standard InChI is InChI=1S/C19H19N3O/c1-14(16-7-3-2-4-8-16)21-19-12-20-11-18(22-19)17-9-5-6-15(10-17)13-23/h2-12,14,23H,13H2,1H3,(H,21,22)/t14-/m0/s1. The lowest BCUT2D eigenvalue weighted by Crippen LogP contribution is -2.08. The maximum absolute atomic E-state index is 9.26. The topological polar surface area (TPSA) is 58.0 Å². The molecule has 0 radical (unpaired) electrons. The van der Waals surface area contributed by atoms with Gasteiger partial charge in [-0.3, -0.25) is 4.98 Å². The fraction of sp³-hybridized carbons (Fsp3) is 0.158. The molecule has 2 N–H and O–H groups in total. The molecule has 0 saturated carbocycles. The summed E-state index contributed by atoms with van der Waals surface area (Å²) in [6, 6.07) is 18.0. The summed E-state index contributed by atoms with van der Waals surface area (Å²) in [5.74, 6) is 0.730. The number of aliphatic hydroxyl groups excluding tert-OH is 1. The second-order valence-electron chi connectivity index (χ2n) is 5.42. The van der Waals surface area contributed by atoms with Gasteiger partial charge in [0.2, 0.25) is 0 Å². The van der Waals surface area contributed by atoms with Crippen LogP contribution < -0.4 is 5.32 Å². The van der Waals surface area contributed by atoms with Gasteiger partial charge in [0.1, 0.15) is 5.82 Å². The third-order valence-corrected chi connectivity index (χ3v) is 3.70. The van der Waals surface area contributed by atoms with Crippen LogP contribution in [0.25, 0.3) is 11.3 Å². The summed E-state index contributed by atoms with van der Waals surface area (Å²) in [7, 11) is 0. The molecule has 0 aliphatic heterocycles. The van der Waals surface area contributed by atoms with Gasteiger partial charge in [0.15, 0.2) is 0 Å². The number of nitrogens with zero attached hydrogens (tertiary/aromatic N) is 2. The van der Waals surface area contributed by atoms with Gasteiger partial charge in [-0.25, -0.2) is 4.98 Å². The van der Waals surface area contributed by atoms with Crippen molar-refractivity contribution in [3.63, 3.8) is 0 Å². The minimum absolute atomic E-state index is 0.0181. The van der Waals surface area contributed by atoms with Crippen LogP contribution in [0.2, 0.25) is 0 Å². The van der Waals surface area contributed by atoms with Crippen LogP contribution in [-0.2, 0) is 6.61 Å². The Labute approximate surface area is 135 Å². The van der Waals surface area contributed by atoms with Crippen LogP contribution in [0, 0.1) is 0 Å². The molecule has 0 bridgehead atoms. The Morgan fingerprint density at radius 3 is 2.65 bits per heavy atom. The van der Waals surface area contributed by atoms with E-state index >= 15 is 0 Å². The van der Waals surface area contributed by atoms with E-state index in [0.717, 1.165) is 22.6 Å². The van der Waals surface area contributed by atoms with E-state index in [2.05, 4.69) is 34.3 Å². The molecular weight excluding hydrogens is 286 g/mol. The average molecular weight is 305 g/mol. The second kappa shape index (κ2) is 7.03. The van der Waals surface area contributed by atoms with Gasteiger partial charge < -0.3 is 10.4 Å². The van der Waals surface area contributed by atoms with Crippen molar-refractivity contribution in [3.05, 3.63) is 78.1 Å². The van der Waals surface area contributed by atoms with Crippen LogP contribution in [-0.4, -0.2) is 15.1 Å². The van der Waals surface area contributed by atoms with Crippen LogP contribution in [0.4, 0.5) is 5.82 Å². The van der Waals surface area contributed by atoms with E-state index in [1.54, 1.807) is 12.4 Å². The first-order valence-corrected chi connectivity index (χ1v) is 7.60. The maximum Gasteiger partial charge on any atom is 0.145 e. The van der Waals surface area contributed by atoms with E-state index in [4.69, 9.17) is 0 Å². The van der Waals surface area contributed by atoms with E-state index in [0.29, 0.717) is 0 Å². The van der Waals surface area contributed by atoms with E-state index in [1.807, 2.05) is 42.5 Å². The fourth-order valence-corrected chi connectivity index (χ4v) is 2.45. The van der Waals surface area contributed by atoms with Gasteiger partial charge in [-0.2, -0.15) is 0 Å². The Morgan fingerprint density at radius 1 is 1.04 bits per heavy atom. The predicted octanol–water partition coefficient (Wildman–Crippen LogP) is 3.81. The minimum atomic E-state index is 0.0181. The molecule has 4 nitrogen and oxygen atoms in total. The maximum atomic E-state index is 9.26. The van der Waals surface area contributed by atoms with Crippen LogP contribution in [0.15, 0.2) is 67.0 Å². The van der Waals surface area contributed by atoms with Crippen LogP contribution in [0.3, 0.4) is 0 Å². The summed E-state index contributed by atoms with van der Waals surface area (Å²) in [6.07, 6.45) is 3.45. The molecule has 3 aromatic rings. The number of aromatic nitrogens is 2. The lowest BCUT2D eigenvalue weighted by atomic mass is 10.1. The highest BCUT2D eigenvalue weighted by molar-refractivity contribution is 5.60. The first kappa shape index (κ1) is 15.2. The van der Waals surface area contributed by atoms with Gasteiger partial charge in [0.05, 0.1) is 24.7 Å². The summed E-state index contributed by atoms with van der Waals surface area (Å²) < 4.78 is 0. The van der Waals surface area contributed by atoms with Gasteiger partial charge in [-0.1, -0.05) is 48.5 Å². The van der Waals surface area contributed by atoms with Gasteiger partial charge in [-0.15, -0.1) is 0 Å². The summed E-state index contributed by atoms with van der Waals surface area (Å²) >= 11 is 0. The highest BCUT2D eigenvalue weighted by Crippen LogP contribution is 2.21. The zero-order valence-corrected chi connectivity index (χ0v) is 13.0. The highest BCUT2D eigenvalue weighted by Gasteiger charge is 2.07. The molecule has 0 saturated heterocycles. The Kier molecular flexibility index (Phi) is 4.64. The van der Waals surface area contributed by atoms with Crippen molar-refractivity contribution < 1.29 is 5.11 Å². The molecule has 0 aliphatic rings. The van der Waals surface area contributed by atoms with Crippen molar-refractivity contribution in [1.82, 2.24) is 9.97 Å². The lowest BCUT2D eigenvalue weighted by molar-refractivity contribution is 0.282. The molecule has 3 rings (SSSR count). The molecule has 2 aromatic carbocycles. The smallest absolute Gasteiger partial charge is 0.145 e. The Balaban J connectivity index is 1.82. The van der Waals surface area contributed by atoms with Crippen molar-refractivity contribution in [3.8, 4) is 11.3 Å². The van der Waals surface area contributed by atoms with Crippen molar-refractivity contribution in [2.45, 2.75) is 19.6 Å². The molecular formula is C19H19N3O. The van der Waals surface area contributed by atoms with Gasteiger partial charge in [-0.05, 0) is 24.1 Å². The summed E-state index contributed by atoms with van der Waals surface area (Å²) in [4.78, 5) is 8.90. The average Bonchev–Trinajstić information content (AvgIpc) is 2.63. The van der Waals surface area contributed by atoms with E-state index in [9.17, 15) is 5.11 Å². The van der Waals surface area contributed by atoms with E-state index in [1.165, 1.54) is 5.56 Å². The largest absolute Gasteiger partial charge is 0.392 e. The minimum Gasteiger partial charge on any atom is -0.392 e. The molecule has 116 valence electrons. The van der Waals surface area contributed by atoms with Gasteiger partial charge in [0, 0.05) is 11.6 Å². The predicted molar refractivity (Wildman–Crippen MR) is 91.9 cm³/mol. The second-order valence-corrected chi connectivity index (χ2v) is 5.42. The Hall–Kier alpha value is -2.72. The summed E-state index contributed by atoms with van der Waals surface area (Å²) in [5, 5.41) is 12.6. The van der Waals surface area contributed by atoms with Gasteiger partial charge in [0.25, 0.3) is 0 Å². The first-order chi connectivity index (χ1) is 11.3. The number of anilines is 1. The zero-order valence-electron chi connectivity index (χ0n) is 13.0. The first-order valence-electron chi connectivity index (χ1n) is 7.60. The van der Waals surface area contributed by atoms with E-state index in [-0.39, 0.29) is 12.6 Å². The zero-order chi connectivity index (χ0) is 16.1. The SMILES string of the molecule is C[C@H](Nc1cncc(-c2cccc(CO)c2)n1)c1ccccc1. The normalized spacial score (nSPS) is 11.9. The molecule has 1 atom stereocenters. The number of nitrogens with one attached hydrogen (secondary N) is 1. The highest BCUT2D eigenvalue weighted by atomic mass is 16.3. The quantitative estimate of drug-likeness (QED) is 0.752. The third kappa shape index (κ3) is 3.73. The van der Waals surface area contributed by atoms with Crippen molar-refractivity contribution in [2.75, 3.05) is 5.32 Å².